The van der Waals surface area contributed by atoms with Crippen LogP contribution >= 0.6 is 23.2 Å². The number of aromatic nitrogens is 2. The maximum absolute atomic E-state index is 13.3. The molecule has 0 aliphatic heterocycles. The van der Waals surface area contributed by atoms with E-state index >= 15 is 0 Å². The number of benzene rings is 2. The first-order valence-corrected chi connectivity index (χ1v) is 9.99. The molecule has 0 saturated carbocycles. The summed E-state index contributed by atoms with van der Waals surface area (Å²) in [6.45, 7) is 0.00287. The highest BCUT2D eigenvalue weighted by atomic mass is 35.5. The van der Waals surface area contributed by atoms with E-state index in [4.69, 9.17) is 27.9 Å². The van der Waals surface area contributed by atoms with Crippen LogP contribution in [0.25, 0.3) is 11.3 Å². The Morgan fingerprint density at radius 2 is 2.00 bits per heavy atom. The summed E-state index contributed by atoms with van der Waals surface area (Å²) in [5.41, 5.74) is 1.78. The van der Waals surface area contributed by atoms with Crippen molar-refractivity contribution in [1.29, 1.82) is 0 Å². The van der Waals surface area contributed by atoms with Crippen LogP contribution in [0, 0.1) is 5.82 Å². The Morgan fingerprint density at radius 1 is 1.23 bits per heavy atom. The fourth-order valence-electron chi connectivity index (χ4n) is 2.71. The number of nitrogens with one attached hydrogen (secondary N) is 2. The summed E-state index contributed by atoms with van der Waals surface area (Å²) < 4.78 is 18.5. The number of nitrogens with zero attached hydrogens (tertiary/aromatic N) is 1. The van der Waals surface area contributed by atoms with Gasteiger partial charge in [-0.05, 0) is 36.2 Å². The number of hydrogen-bond acceptors (Lipinski definition) is 4. The van der Waals surface area contributed by atoms with E-state index < -0.39 is 11.9 Å². The molecule has 3 rings (SSSR count). The molecule has 0 unspecified atom stereocenters. The van der Waals surface area contributed by atoms with Gasteiger partial charge in [0.2, 0.25) is 0 Å². The van der Waals surface area contributed by atoms with Gasteiger partial charge in [0.1, 0.15) is 17.4 Å². The second kappa shape index (κ2) is 10.4. The second-order valence-corrected chi connectivity index (χ2v) is 7.46. The lowest BCUT2D eigenvalue weighted by atomic mass is 10.1. The molecule has 0 fully saturated rings. The molecular weight excluding hydrogens is 432 g/mol. The maximum Gasteiger partial charge on any atom is 0.257 e. The number of aromatic amines is 1. The predicted octanol–water partition coefficient (Wildman–Crippen LogP) is 4.01. The highest BCUT2D eigenvalue weighted by Crippen LogP contribution is 2.21. The van der Waals surface area contributed by atoms with Gasteiger partial charge in [-0.1, -0.05) is 35.3 Å². The number of aliphatic hydroxyl groups excluding tert-OH is 1. The minimum absolute atomic E-state index is 0.0161. The van der Waals surface area contributed by atoms with Crippen molar-refractivity contribution in [3.8, 4) is 17.0 Å². The number of carbonyl (C=O) groups excluding carboxylic acids is 1. The van der Waals surface area contributed by atoms with E-state index in [0.29, 0.717) is 23.7 Å². The smallest absolute Gasteiger partial charge is 0.257 e. The molecule has 1 atom stereocenters. The van der Waals surface area contributed by atoms with E-state index in [1.165, 1.54) is 12.1 Å². The van der Waals surface area contributed by atoms with Gasteiger partial charge in [-0.25, -0.2) is 9.37 Å². The molecule has 1 aromatic heterocycles. The molecule has 1 heterocycles. The van der Waals surface area contributed by atoms with Gasteiger partial charge in [-0.3, -0.25) is 4.79 Å². The number of halogens is 3. The summed E-state index contributed by atoms with van der Waals surface area (Å²) in [6, 6.07) is 11.3. The summed E-state index contributed by atoms with van der Waals surface area (Å²) in [5, 5.41) is 13.5. The van der Waals surface area contributed by atoms with Gasteiger partial charge in [-0.2, -0.15) is 0 Å². The zero-order chi connectivity index (χ0) is 21.5. The molecule has 158 valence electrons. The van der Waals surface area contributed by atoms with Gasteiger partial charge < -0.3 is 20.1 Å². The van der Waals surface area contributed by atoms with E-state index in [9.17, 15) is 14.3 Å². The van der Waals surface area contributed by atoms with Gasteiger partial charge in [0.05, 0.1) is 23.0 Å². The lowest BCUT2D eigenvalue weighted by Gasteiger charge is -2.11. The normalized spacial score (nSPS) is 11.9. The number of H-pyrrole nitrogens is 1. The lowest BCUT2D eigenvalue weighted by molar-refractivity contribution is -0.123. The number of rotatable bonds is 9. The van der Waals surface area contributed by atoms with Crippen LogP contribution in [0.15, 0.2) is 48.7 Å². The van der Waals surface area contributed by atoms with Crippen LogP contribution in [-0.4, -0.2) is 40.2 Å². The minimum atomic E-state index is -0.680. The highest BCUT2D eigenvalue weighted by molar-refractivity contribution is 6.31. The third kappa shape index (κ3) is 6.45. The fourth-order valence-corrected chi connectivity index (χ4v) is 2.96. The van der Waals surface area contributed by atoms with Crippen molar-refractivity contribution >= 4 is 29.1 Å². The Morgan fingerprint density at radius 3 is 2.73 bits per heavy atom. The van der Waals surface area contributed by atoms with Gasteiger partial charge in [-0.15, -0.1) is 0 Å². The van der Waals surface area contributed by atoms with Crippen molar-refractivity contribution in [1.82, 2.24) is 15.3 Å². The Bertz CT molecular complexity index is 995. The van der Waals surface area contributed by atoms with Crippen LogP contribution in [-0.2, 0) is 11.2 Å². The molecule has 3 N–H and O–H groups in total. The molecule has 0 aliphatic carbocycles. The van der Waals surface area contributed by atoms with Crippen LogP contribution in [0.3, 0.4) is 0 Å². The average molecular weight is 452 g/mol. The van der Waals surface area contributed by atoms with Gasteiger partial charge in [0.15, 0.2) is 6.61 Å². The molecule has 1 amide bonds. The number of amides is 1. The van der Waals surface area contributed by atoms with E-state index in [2.05, 4.69) is 15.3 Å². The van der Waals surface area contributed by atoms with E-state index in [1.54, 1.807) is 18.3 Å². The monoisotopic (exact) mass is 451 g/mol. The van der Waals surface area contributed by atoms with Gasteiger partial charge in [0, 0.05) is 24.1 Å². The summed E-state index contributed by atoms with van der Waals surface area (Å²) >= 11 is 11.5. The van der Waals surface area contributed by atoms with Crippen molar-refractivity contribution in [2.24, 2.45) is 0 Å². The maximum atomic E-state index is 13.3. The second-order valence-electron chi connectivity index (χ2n) is 6.61. The van der Waals surface area contributed by atoms with Crippen LogP contribution < -0.4 is 10.1 Å². The Hall–Kier alpha value is -2.61. The number of imidazole rings is 1. The predicted molar refractivity (Wildman–Crippen MR) is 113 cm³/mol. The van der Waals surface area contributed by atoms with Crippen molar-refractivity contribution in [3.05, 3.63) is 70.3 Å². The van der Waals surface area contributed by atoms with Crippen molar-refractivity contribution in [2.75, 3.05) is 13.2 Å². The van der Waals surface area contributed by atoms with Crippen molar-refractivity contribution in [2.45, 2.75) is 18.9 Å². The van der Waals surface area contributed by atoms with Crippen molar-refractivity contribution in [3.63, 3.8) is 0 Å². The Labute approximate surface area is 183 Å². The molecule has 0 spiro atoms. The molecule has 3 aromatic rings. The first-order valence-electron chi connectivity index (χ1n) is 9.23. The van der Waals surface area contributed by atoms with Crippen LogP contribution in [0.5, 0.6) is 5.75 Å². The lowest BCUT2D eigenvalue weighted by Crippen LogP contribution is -2.31. The van der Waals surface area contributed by atoms with Crippen molar-refractivity contribution < 1.29 is 19.0 Å². The quantitative estimate of drug-likeness (QED) is 0.458. The van der Waals surface area contributed by atoms with Gasteiger partial charge >= 0.3 is 0 Å². The SMILES string of the molecule is O=C(COc1ccc(Cl)c(F)c1)NCC[C@@H](O)Cc1ncc(-c2ccc(Cl)cc2)[nH]1. The Balaban J connectivity index is 1.38. The molecule has 0 radical (unpaired) electrons. The van der Waals surface area contributed by atoms with E-state index in [1.807, 2.05) is 12.1 Å². The third-order valence-corrected chi connectivity index (χ3v) is 4.83. The summed E-state index contributed by atoms with van der Waals surface area (Å²) in [5.74, 6) is -0.135. The van der Waals surface area contributed by atoms with Crippen LogP contribution in [0.2, 0.25) is 10.0 Å². The molecule has 0 saturated heterocycles. The van der Waals surface area contributed by atoms with Gasteiger partial charge in [0.25, 0.3) is 5.91 Å². The Kier molecular flexibility index (Phi) is 7.68. The standard InChI is InChI=1S/C21H20Cl2FN3O3/c22-14-3-1-13(2-4-14)19-11-26-20(27-19)9-15(28)7-8-25-21(29)12-30-16-5-6-17(23)18(24)10-16/h1-6,10-11,15,28H,7-9,12H2,(H,25,29)(H,26,27)/t15-/m1/s1. The molecule has 6 nitrogen and oxygen atoms in total. The van der Waals surface area contributed by atoms with E-state index in [-0.39, 0.29) is 29.8 Å². The first kappa shape index (κ1) is 22.1. The molecule has 0 aliphatic rings. The average Bonchev–Trinajstić information content (AvgIpc) is 3.17. The fraction of sp³-hybridized carbons (Fsp3) is 0.238. The number of aliphatic hydroxyl groups is 1. The topological polar surface area (TPSA) is 87.2 Å². The summed E-state index contributed by atoms with van der Waals surface area (Å²) in [7, 11) is 0. The molecule has 30 heavy (non-hydrogen) atoms. The first-order chi connectivity index (χ1) is 14.4. The zero-order valence-corrected chi connectivity index (χ0v) is 17.4. The highest BCUT2D eigenvalue weighted by Gasteiger charge is 2.11. The number of carbonyl (C=O) groups is 1. The number of ether oxygens (including phenoxy) is 1. The largest absolute Gasteiger partial charge is 0.484 e. The molecule has 0 bridgehead atoms. The summed E-state index contributed by atoms with van der Waals surface area (Å²) in [4.78, 5) is 19.3. The molecule has 2 aromatic carbocycles. The van der Waals surface area contributed by atoms with Crippen LogP contribution in [0.1, 0.15) is 12.2 Å². The minimum Gasteiger partial charge on any atom is -0.484 e. The molecular formula is C21H20Cl2FN3O3. The van der Waals surface area contributed by atoms with Crippen LogP contribution in [0.4, 0.5) is 4.39 Å². The number of hydrogen-bond donors (Lipinski definition) is 3. The third-order valence-electron chi connectivity index (χ3n) is 4.27. The zero-order valence-electron chi connectivity index (χ0n) is 15.9. The van der Waals surface area contributed by atoms with E-state index in [0.717, 1.165) is 17.3 Å². The summed E-state index contributed by atoms with van der Waals surface area (Å²) in [6.07, 6.45) is 1.69. The molecule has 9 heteroatoms.